The molecule has 1 fully saturated rings. The summed E-state index contributed by atoms with van der Waals surface area (Å²) >= 11 is 0. The first-order chi connectivity index (χ1) is 10.3. The first kappa shape index (κ1) is 12.8. The van der Waals surface area contributed by atoms with E-state index in [0.29, 0.717) is 12.3 Å². The Bertz CT molecular complexity index is 689. The zero-order valence-electron chi connectivity index (χ0n) is 12.0. The molecular weight excluding hydrogens is 262 g/mol. The van der Waals surface area contributed by atoms with Crippen molar-refractivity contribution in [2.75, 3.05) is 13.1 Å². The monoisotopic (exact) mass is 281 g/mol. The standard InChI is InChI=1S/C18H19NO2/c20-15-10-17(13-5-3-9-19-11-13)21-16-8-7-12-4-1-2-6-14(12)18(15)16/h1-2,4,6-8,13,17,19H,3,5,9-11H2/t13-,17-/m0/s1. The highest BCUT2D eigenvalue weighted by Gasteiger charge is 2.33. The quantitative estimate of drug-likeness (QED) is 0.872. The average Bonchev–Trinajstić information content (AvgIpc) is 2.55. The zero-order valence-corrected chi connectivity index (χ0v) is 12.0. The highest BCUT2D eigenvalue weighted by atomic mass is 16.5. The fourth-order valence-corrected chi connectivity index (χ4v) is 3.59. The van der Waals surface area contributed by atoms with E-state index < -0.39 is 0 Å². The van der Waals surface area contributed by atoms with Gasteiger partial charge in [-0.25, -0.2) is 0 Å². The molecular formula is C18H19NO2. The van der Waals surface area contributed by atoms with Crippen LogP contribution in [-0.4, -0.2) is 25.0 Å². The highest BCUT2D eigenvalue weighted by molar-refractivity contribution is 6.11. The highest BCUT2D eigenvalue weighted by Crippen LogP contribution is 2.36. The van der Waals surface area contributed by atoms with Crippen molar-refractivity contribution >= 4 is 16.6 Å². The van der Waals surface area contributed by atoms with E-state index >= 15 is 0 Å². The average molecular weight is 281 g/mol. The molecule has 0 saturated carbocycles. The normalized spacial score (nSPS) is 25.4. The van der Waals surface area contributed by atoms with Crippen molar-refractivity contribution in [3.63, 3.8) is 0 Å². The van der Waals surface area contributed by atoms with Crippen molar-refractivity contribution in [3.05, 3.63) is 42.0 Å². The van der Waals surface area contributed by atoms with Gasteiger partial charge < -0.3 is 10.1 Å². The van der Waals surface area contributed by atoms with E-state index in [4.69, 9.17) is 4.74 Å². The number of rotatable bonds is 1. The van der Waals surface area contributed by atoms with Crippen molar-refractivity contribution in [3.8, 4) is 5.75 Å². The minimum atomic E-state index is 0.0268. The molecule has 0 bridgehead atoms. The van der Waals surface area contributed by atoms with E-state index in [1.807, 2.05) is 36.4 Å². The maximum absolute atomic E-state index is 12.7. The molecule has 2 aliphatic rings. The van der Waals surface area contributed by atoms with Crippen LogP contribution in [0, 0.1) is 5.92 Å². The molecule has 2 heterocycles. The number of carbonyl (C=O) groups excluding carboxylic acids is 1. The molecule has 108 valence electrons. The van der Waals surface area contributed by atoms with E-state index in [9.17, 15) is 4.79 Å². The maximum atomic E-state index is 12.7. The SMILES string of the molecule is O=C1C[C@@H]([C@H]2CCCNC2)Oc2ccc3ccccc3c21. The van der Waals surface area contributed by atoms with Gasteiger partial charge in [0.15, 0.2) is 5.78 Å². The summed E-state index contributed by atoms with van der Waals surface area (Å²) in [4.78, 5) is 12.7. The largest absolute Gasteiger partial charge is 0.489 e. The van der Waals surface area contributed by atoms with Crippen LogP contribution in [0.15, 0.2) is 36.4 Å². The molecule has 2 atom stereocenters. The van der Waals surface area contributed by atoms with E-state index in [1.54, 1.807) is 0 Å². The number of fused-ring (bicyclic) bond motifs is 3. The molecule has 0 aliphatic carbocycles. The van der Waals surface area contributed by atoms with E-state index in [1.165, 1.54) is 6.42 Å². The lowest BCUT2D eigenvalue weighted by atomic mass is 9.86. The summed E-state index contributed by atoms with van der Waals surface area (Å²) in [6.45, 7) is 2.04. The van der Waals surface area contributed by atoms with Gasteiger partial charge in [0.1, 0.15) is 11.9 Å². The molecule has 0 aromatic heterocycles. The Morgan fingerprint density at radius 2 is 2.05 bits per heavy atom. The van der Waals surface area contributed by atoms with Crippen LogP contribution in [0.2, 0.25) is 0 Å². The molecule has 4 rings (SSSR count). The fourth-order valence-electron chi connectivity index (χ4n) is 3.59. The van der Waals surface area contributed by atoms with Gasteiger partial charge in [-0.15, -0.1) is 0 Å². The number of piperidine rings is 1. The van der Waals surface area contributed by atoms with Crippen molar-refractivity contribution < 1.29 is 9.53 Å². The summed E-state index contributed by atoms with van der Waals surface area (Å²) in [5.41, 5.74) is 0.771. The predicted octanol–water partition coefficient (Wildman–Crippen LogP) is 3.17. The molecule has 1 N–H and O–H groups in total. The summed E-state index contributed by atoms with van der Waals surface area (Å²) in [5, 5.41) is 5.53. The Balaban J connectivity index is 1.72. The zero-order chi connectivity index (χ0) is 14.2. The van der Waals surface area contributed by atoms with Gasteiger partial charge >= 0.3 is 0 Å². The molecule has 0 amide bonds. The number of ether oxygens (including phenoxy) is 1. The van der Waals surface area contributed by atoms with Crippen LogP contribution in [-0.2, 0) is 0 Å². The molecule has 0 unspecified atom stereocenters. The Hall–Kier alpha value is -1.87. The first-order valence-corrected chi connectivity index (χ1v) is 7.75. The molecule has 1 saturated heterocycles. The molecule has 2 aromatic rings. The molecule has 0 radical (unpaired) electrons. The number of hydrogen-bond acceptors (Lipinski definition) is 3. The molecule has 3 nitrogen and oxygen atoms in total. The molecule has 3 heteroatoms. The fraction of sp³-hybridized carbons (Fsp3) is 0.389. The van der Waals surface area contributed by atoms with Gasteiger partial charge in [0.25, 0.3) is 0 Å². The van der Waals surface area contributed by atoms with Gasteiger partial charge in [0.05, 0.1) is 5.56 Å². The van der Waals surface area contributed by atoms with Gasteiger partial charge in [0, 0.05) is 18.9 Å². The van der Waals surface area contributed by atoms with Gasteiger partial charge in [-0.1, -0.05) is 30.3 Å². The third-order valence-electron chi connectivity index (χ3n) is 4.70. The third-order valence-corrected chi connectivity index (χ3v) is 4.70. The van der Waals surface area contributed by atoms with Gasteiger partial charge in [0.2, 0.25) is 0 Å². The Morgan fingerprint density at radius 3 is 2.90 bits per heavy atom. The number of hydrogen-bond donors (Lipinski definition) is 1. The van der Waals surface area contributed by atoms with Crippen LogP contribution < -0.4 is 10.1 Å². The Morgan fingerprint density at radius 1 is 1.14 bits per heavy atom. The second-order valence-electron chi connectivity index (χ2n) is 6.05. The number of Topliss-reactive ketones (excluding diaryl/α,β-unsaturated/α-hetero) is 1. The van der Waals surface area contributed by atoms with Crippen LogP contribution in [0.25, 0.3) is 10.8 Å². The van der Waals surface area contributed by atoms with E-state index in [2.05, 4.69) is 5.32 Å². The molecule has 2 aromatic carbocycles. The van der Waals surface area contributed by atoms with Gasteiger partial charge in [-0.3, -0.25) is 4.79 Å². The third kappa shape index (κ3) is 2.22. The molecule has 0 spiro atoms. The summed E-state index contributed by atoms with van der Waals surface area (Å²) in [7, 11) is 0. The minimum Gasteiger partial charge on any atom is -0.489 e. The Labute approximate surface area is 124 Å². The van der Waals surface area contributed by atoms with Crippen molar-refractivity contribution in [1.29, 1.82) is 0 Å². The van der Waals surface area contributed by atoms with Crippen LogP contribution in [0.3, 0.4) is 0 Å². The summed E-state index contributed by atoms with van der Waals surface area (Å²) in [5.74, 6) is 1.44. The van der Waals surface area contributed by atoms with Crippen LogP contribution in [0.4, 0.5) is 0 Å². The maximum Gasteiger partial charge on any atom is 0.170 e. The number of nitrogens with one attached hydrogen (secondary N) is 1. The van der Waals surface area contributed by atoms with Crippen LogP contribution >= 0.6 is 0 Å². The lowest BCUT2D eigenvalue weighted by molar-refractivity contribution is 0.0687. The lowest BCUT2D eigenvalue weighted by Crippen LogP contribution is -2.42. The number of benzene rings is 2. The summed E-state index contributed by atoms with van der Waals surface area (Å²) in [6.07, 6.45) is 2.85. The van der Waals surface area contributed by atoms with Crippen molar-refractivity contribution in [2.24, 2.45) is 5.92 Å². The van der Waals surface area contributed by atoms with E-state index in [-0.39, 0.29) is 11.9 Å². The smallest absolute Gasteiger partial charge is 0.170 e. The summed E-state index contributed by atoms with van der Waals surface area (Å²) in [6, 6.07) is 12.0. The van der Waals surface area contributed by atoms with E-state index in [0.717, 1.165) is 41.6 Å². The second kappa shape index (κ2) is 5.15. The summed E-state index contributed by atoms with van der Waals surface area (Å²) < 4.78 is 6.19. The number of carbonyl (C=O) groups is 1. The lowest BCUT2D eigenvalue weighted by Gasteiger charge is -2.34. The second-order valence-corrected chi connectivity index (χ2v) is 6.05. The van der Waals surface area contributed by atoms with Gasteiger partial charge in [-0.05, 0) is 36.2 Å². The Kier molecular flexibility index (Phi) is 3.15. The number of ketones is 1. The first-order valence-electron chi connectivity index (χ1n) is 7.75. The molecule has 21 heavy (non-hydrogen) atoms. The molecule has 2 aliphatic heterocycles. The van der Waals surface area contributed by atoms with Crippen molar-refractivity contribution in [1.82, 2.24) is 5.32 Å². The van der Waals surface area contributed by atoms with Crippen molar-refractivity contribution in [2.45, 2.75) is 25.4 Å². The topological polar surface area (TPSA) is 38.3 Å². The van der Waals surface area contributed by atoms with Crippen LogP contribution in [0.5, 0.6) is 5.75 Å². The van der Waals surface area contributed by atoms with Gasteiger partial charge in [-0.2, -0.15) is 0 Å². The van der Waals surface area contributed by atoms with Crippen LogP contribution in [0.1, 0.15) is 29.6 Å². The minimum absolute atomic E-state index is 0.0268. The predicted molar refractivity (Wildman–Crippen MR) is 82.9 cm³/mol.